The summed E-state index contributed by atoms with van der Waals surface area (Å²) in [4.78, 5) is 45.8. The van der Waals surface area contributed by atoms with E-state index in [0.29, 0.717) is 0 Å². The van der Waals surface area contributed by atoms with Gasteiger partial charge in [-0.1, -0.05) is 0 Å². The molecule has 9 heteroatoms. The zero-order valence-corrected chi connectivity index (χ0v) is 10.1. The van der Waals surface area contributed by atoms with Crippen LogP contribution < -0.4 is 10.9 Å². The van der Waals surface area contributed by atoms with Crippen LogP contribution in [0, 0.1) is 10.1 Å². The molecule has 1 heterocycles. The Bertz CT molecular complexity index is 604. The maximum Gasteiger partial charge on any atom is 0.328 e. The second-order valence-corrected chi connectivity index (χ2v) is 4.24. The predicted octanol–water partition coefficient (Wildman–Crippen LogP) is -0.124. The highest BCUT2D eigenvalue weighted by Gasteiger charge is 2.30. The predicted molar refractivity (Wildman–Crippen MR) is 62.9 cm³/mol. The van der Waals surface area contributed by atoms with Gasteiger partial charge < -0.3 is 15.4 Å². The maximum absolute atomic E-state index is 11.7. The van der Waals surface area contributed by atoms with E-state index in [9.17, 15) is 24.5 Å². The topological polar surface area (TPSA) is 142 Å². The molecule has 1 aromatic rings. The Labute approximate surface area is 106 Å². The van der Waals surface area contributed by atoms with E-state index in [1.807, 2.05) is 4.98 Å². The Morgan fingerprint density at radius 2 is 2.05 bits per heavy atom. The van der Waals surface area contributed by atoms with Gasteiger partial charge in [-0.15, -0.1) is 0 Å². The van der Waals surface area contributed by atoms with Gasteiger partial charge >= 0.3 is 5.97 Å². The highest BCUT2D eigenvalue weighted by atomic mass is 16.6. The summed E-state index contributed by atoms with van der Waals surface area (Å²) in [6.07, 6.45) is 0.849. The molecule has 0 aliphatic rings. The fourth-order valence-corrected chi connectivity index (χ4v) is 1.15. The maximum atomic E-state index is 11.7. The van der Waals surface area contributed by atoms with Gasteiger partial charge in [0.1, 0.15) is 11.1 Å². The van der Waals surface area contributed by atoms with Gasteiger partial charge in [0.25, 0.3) is 17.2 Å². The number of nitrogens with one attached hydrogen (secondary N) is 2. The zero-order valence-electron chi connectivity index (χ0n) is 10.1. The number of nitrogens with zero attached hydrogens (tertiary/aromatic N) is 1. The number of pyridine rings is 1. The molecule has 9 nitrogen and oxygen atoms in total. The average molecular weight is 269 g/mol. The first-order valence-corrected chi connectivity index (χ1v) is 5.08. The lowest BCUT2D eigenvalue weighted by Gasteiger charge is -2.20. The van der Waals surface area contributed by atoms with Crippen molar-refractivity contribution in [1.29, 1.82) is 0 Å². The van der Waals surface area contributed by atoms with Crippen LogP contribution in [-0.4, -0.2) is 32.4 Å². The lowest BCUT2D eigenvalue weighted by Crippen LogP contribution is -2.50. The third kappa shape index (κ3) is 3.15. The molecule has 1 aromatic heterocycles. The fraction of sp³-hybridized carbons (Fsp3) is 0.300. The number of amides is 1. The lowest BCUT2D eigenvalue weighted by atomic mass is 10.1. The summed E-state index contributed by atoms with van der Waals surface area (Å²) < 4.78 is 0. The first-order valence-electron chi connectivity index (χ1n) is 5.08. The first-order chi connectivity index (χ1) is 8.65. The number of aromatic amines is 1. The van der Waals surface area contributed by atoms with Crippen molar-refractivity contribution in [2.24, 2.45) is 0 Å². The molecule has 0 fully saturated rings. The molecule has 102 valence electrons. The molecule has 19 heavy (non-hydrogen) atoms. The van der Waals surface area contributed by atoms with Gasteiger partial charge in [-0.3, -0.25) is 19.7 Å². The number of H-pyrrole nitrogens is 1. The number of aromatic nitrogens is 1. The number of aliphatic carboxylic acids is 1. The minimum Gasteiger partial charge on any atom is -0.480 e. The van der Waals surface area contributed by atoms with Crippen molar-refractivity contribution in [2.75, 3.05) is 0 Å². The van der Waals surface area contributed by atoms with Crippen LogP contribution in [-0.2, 0) is 4.79 Å². The number of carbonyl (C=O) groups excluding carboxylic acids is 1. The number of carboxylic acids is 1. The van der Waals surface area contributed by atoms with Crippen molar-refractivity contribution in [3.63, 3.8) is 0 Å². The molecule has 0 spiro atoms. The third-order valence-electron chi connectivity index (χ3n) is 2.30. The van der Waals surface area contributed by atoms with Crippen molar-refractivity contribution < 1.29 is 19.6 Å². The van der Waals surface area contributed by atoms with Crippen molar-refractivity contribution in [2.45, 2.75) is 19.4 Å². The number of carboxylic acid groups (broad SMARTS) is 1. The van der Waals surface area contributed by atoms with E-state index in [4.69, 9.17) is 5.11 Å². The molecule has 0 atom stereocenters. The highest BCUT2D eigenvalue weighted by molar-refractivity contribution is 5.97. The lowest BCUT2D eigenvalue weighted by molar-refractivity contribution is -0.385. The summed E-state index contributed by atoms with van der Waals surface area (Å²) in [5.74, 6) is -2.31. The molecule has 0 aliphatic heterocycles. The summed E-state index contributed by atoms with van der Waals surface area (Å²) in [6, 6.07) is 0.784. The quantitative estimate of drug-likeness (QED) is 0.513. The van der Waals surface area contributed by atoms with Crippen LogP contribution in [0.1, 0.15) is 24.2 Å². The smallest absolute Gasteiger partial charge is 0.328 e. The van der Waals surface area contributed by atoms with Crippen LogP contribution in [0.5, 0.6) is 0 Å². The molecular weight excluding hydrogens is 258 g/mol. The largest absolute Gasteiger partial charge is 0.480 e. The van der Waals surface area contributed by atoms with E-state index in [-0.39, 0.29) is 0 Å². The van der Waals surface area contributed by atoms with E-state index in [0.717, 1.165) is 12.3 Å². The molecule has 3 N–H and O–H groups in total. The normalized spacial score (nSPS) is 10.8. The number of carbonyl (C=O) groups is 2. The Kier molecular flexibility index (Phi) is 3.69. The van der Waals surface area contributed by atoms with Crippen molar-refractivity contribution in [1.82, 2.24) is 10.3 Å². The monoisotopic (exact) mass is 269 g/mol. The van der Waals surface area contributed by atoms with Gasteiger partial charge in [0.15, 0.2) is 0 Å². The van der Waals surface area contributed by atoms with Crippen LogP contribution in [0.3, 0.4) is 0 Å². The summed E-state index contributed by atoms with van der Waals surface area (Å²) in [6.45, 7) is 2.44. The van der Waals surface area contributed by atoms with E-state index >= 15 is 0 Å². The fourth-order valence-electron chi connectivity index (χ4n) is 1.15. The zero-order chi connectivity index (χ0) is 14.8. The number of rotatable bonds is 4. The van der Waals surface area contributed by atoms with Gasteiger partial charge in [-0.25, -0.2) is 4.79 Å². The molecule has 0 radical (unpaired) electrons. The number of hydrogen-bond donors (Lipinski definition) is 3. The molecule has 1 amide bonds. The third-order valence-corrected chi connectivity index (χ3v) is 2.30. The van der Waals surface area contributed by atoms with Gasteiger partial charge in [-0.05, 0) is 13.8 Å². The van der Waals surface area contributed by atoms with Crippen LogP contribution >= 0.6 is 0 Å². The summed E-state index contributed by atoms with van der Waals surface area (Å²) in [7, 11) is 0. The van der Waals surface area contributed by atoms with Gasteiger partial charge in [-0.2, -0.15) is 0 Å². The summed E-state index contributed by atoms with van der Waals surface area (Å²) in [5, 5.41) is 21.5. The van der Waals surface area contributed by atoms with Crippen LogP contribution in [0.25, 0.3) is 0 Å². The molecule has 0 aliphatic carbocycles. The minimum absolute atomic E-state index is 0.474. The first kappa shape index (κ1) is 14.4. The van der Waals surface area contributed by atoms with E-state index < -0.39 is 39.1 Å². The second kappa shape index (κ2) is 4.88. The van der Waals surface area contributed by atoms with Crippen molar-refractivity contribution >= 4 is 17.6 Å². The highest BCUT2D eigenvalue weighted by Crippen LogP contribution is 2.09. The minimum atomic E-state index is -1.60. The number of hydrogen-bond acceptors (Lipinski definition) is 5. The molecule has 0 saturated heterocycles. The van der Waals surface area contributed by atoms with Crippen LogP contribution in [0.4, 0.5) is 5.69 Å². The summed E-state index contributed by atoms with van der Waals surface area (Å²) in [5.41, 5.74) is -3.44. The molecule has 0 saturated carbocycles. The Balaban J connectivity index is 3.13. The molecule has 1 rings (SSSR count). The Morgan fingerprint density at radius 3 is 2.53 bits per heavy atom. The van der Waals surface area contributed by atoms with Gasteiger partial charge in [0.05, 0.1) is 11.1 Å². The van der Waals surface area contributed by atoms with E-state index in [1.54, 1.807) is 0 Å². The second-order valence-electron chi connectivity index (χ2n) is 4.24. The van der Waals surface area contributed by atoms with Gasteiger partial charge in [0.2, 0.25) is 0 Å². The number of nitro groups is 1. The molecule has 0 bridgehead atoms. The SMILES string of the molecule is CC(C)(NC(=O)c1cc([N+](=O)[O-])c[nH]c1=O)C(=O)O. The average Bonchev–Trinajstić information content (AvgIpc) is 2.28. The molecule has 0 aromatic carbocycles. The van der Waals surface area contributed by atoms with Crippen molar-refractivity contribution in [3.8, 4) is 0 Å². The van der Waals surface area contributed by atoms with E-state index in [2.05, 4.69) is 5.32 Å². The van der Waals surface area contributed by atoms with E-state index in [1.165, 1.54) is 13.8 Å². The van der Waals surface area contributed by atoms with Crippen LogP contribution in [0.2, 0.25) is 0 Å². The Morgan fingerprint density at radius 1 is 1.47 bits per heavy atom. The van der Waals surface area contributed by atoms with Crippen LogP contribution in [0.15, 0.2) is 17.1 Å². The Hall–Kier alpha value is -2.71. The standard InChI is InChI=1S/C10H11N3O6/c1-10(2,9(16)17)12-8(15)6-3-5(13(18)19)4-11-7(6)14/h3-4H,1-2H3,(H,11,14)(H,12,15)(H,16,17). The summed E-state index contributed by atoms with van der Waals surface area (Å²) >= 11 is 0. The van der Waals surface area contributed by atoms with Gasteiger partial charge in [0, 0.05) is 6.07 Å². The molecule has 0 unspecified atom stereocenters. The molecular formula is C10H11N3O6. The van der Waals surface area contributed by atoms with Crippen molar-refractivity contribution in [3.05, 3.63) is 38.3 Å².